The maximum Gasteiger partial charge on any atom is 0.530 e. The molecule has 0 aliphatic carbocycles. The Hall–Kier alpha value is -3.11. The van der Waals surface area contributed by atoms with Gasteiger partial charge in [0.05, 0.1) is 0 Å². The van der Waals surface area contributed by atoms with Gasteiger partial charge in [-0.1, -0.05) is 0 Å². The van der Waals surface area contributed by atoms with Crippen molar-refractivity contribution >= 4 is 25.7 Å². The minimum absolute atomic E-state index is 0.687. The summed E-state index contributed by atoms with van der Waals surface area (Å²) >= 11 is 0. The van der Waals surface area contributed by atoms with Gasteiger partial charge in [-0.15, -0.1) is 0 Å². The highest BCUT2D eigenvalue weighted by Gasteiger charge is 2.20. The van der Waals surface area contributed by atoms with E-state index in [0.29, 0.717) is 17.2 Å². The van der Waals surface area contributed by atoms with Crippen molar-refractivity contribution in [2.75, 3.05) is 57.0 Å². The fourth-order valence-electron chi connectivity index (χ4n) is 2.73. The lowest BCUT2D eigenvalue weighted by molar-refractivity contribution is 0.388. The Bertz CT molecular complexity index is 816. The monoisotopic (exact) mass is 439 g/mol. The van der Waals surface area contributed by atoms with Crippen LogP contribution in [0.1, 0.15) is 0 Å². The van der Waals surface area contributed by atoms with Crippen LogP contribution in [0.15, 0.2) is 72.8 Å². The predicted molar refractivity (Wildman–Crippen MR) is 131 cm³/mol. The fourth-order valence-corrected chi connectivity index (χ4v) is 3.72. The van der Waals surface area contributed by atoms with Crippen LogP contribution < -0.4 is 28.3 Å². The molecule has 0 saturated carbocycles. The first kappa shape index (κ1) is 22.6. The van der Waals surface area contributed by atoms with E-state index in [0.717, 1.165) is 17.1 Å². The molecular formula is C24H30N3O3P. The van der Waals surface area contributed by atoms with Crippen LogP contribution in [-0.2, 0) is 0 Å². The average Bonchev–Trinajstić information content (AvgIpc) is 2.75. The van der Waals surface area contributed by atoms with Gasteiger partial charge in [0.1, 0.15) is 17.2 Å². The van der Waals surface area contributed by atoms with E-state index in [9.17, 15) is 0 Å². The van der Waals surface area contributed by atoms with Gasteiger partial charge < -0.3 is 28.3 Å². The second-order valence-corrected chi connectivity index (χ2v) is 8.66. The van der Waals surface area contributed by atoms with Crippen LogP contribution >= 0.6 is 8.60 Å². The first-order chi connectivity index (χ1) is 14.8. The highest BCUT2D eigenvalue weighted by Crippen LogP contribution is 2.43. The second kappa shape index (κ2) is 10.3. The smallest absolute Gasteiger partial charge is 0.409 e. The molecule has 0 N–H and O–H groups in total. The summed E-state index contributed by atoms with van der Waals surface area (Å²) in [6, 6.07) is 23.5. The van der Waals surface area contributed by atoms with Gasteiger partial charge in [0.2, 0.25) is 0 Å². The fraction of sp³-hybridized carbons (Fsp3) is 0.250. The van der Waals surface area contributed by atoms with Crippen LogP contribution in [0.5, 0.6) is 17.2 Å². The van der Waals surface area contributed by atoms with Crippen LogP contribution in [0.25, 0.3) is 0 Å². The maximum atomic E-state index is 6.09. The van der Waals surface area contributed by atoms with Crippen molar-refractivity contribution in [3.8, 4) is 17.2 Å². The Kier molecular flexibility index (Phi) is 7.48. The largest absolute Gasteiger partial charge is 0.530 e. The second-order valence-electron chi connectivity index (χ2n) is 7.66. The van der Waals surface area contributed by atoms with E-state index in [4.69, 9.17) is 13.6 Å². The summed E-state index contributed by atoms with van der Waals surface area (Å²) in [5.41, 5.74) is 3.28. The number of rotatable bonds is 9. The molecule has 0 fully saturated rings. The molecule has 0 radical (unpaired) electrons. The first-order valence-electron chi connectivity index (χ1n) is 9.98. The molecule has 7 heteroatoms. The summed E-state index contributed by atoms with van der Waals surface area (Å²) in [5, 5.41) is 0. The molecule has 0 spiro atoms. The molecule has 31 heavy (non-hydrogen) atoms. The summed E-state index contributed by atoms with van der Waals surface area (Å²) in [7, 11) is 10.3. The molecular weight excluding hydrogens is 409 g/mol. The van der Waals surface area contributed by atoms with Crippen LogP contribution in [0, 0.1) is 0 Å². The van der Waals surface area contributed by atoms with Crippen molar-refractivity contribution in [2.24, 2.45) is 0 Å². The Morgan fingerprint density at radius 1 is 0.419 bits per heavy atom. The Labute approximate surface area is 186 Å². The van der Waals surface area contributed by atoms with Crippen molar-refractivity contribution in [3.63, 3.8) is 0 Å². The van der Waals surface area contributed by atoms with E-state index in [1.165, 1.54) is 0 Å². The highest BCUT2D eigenvalue weighted by atomic mass is 31.2. The molecule has 3 aromatic carbocycles. The standard InChI is InChI=1S/C24H30N3O3P/c1-25(2)19-7-13-22(14-8-19)28-31(29-23-15-9-20(10-16-23)26(3)4)30-24-17-11-21(12-18-24)27(5)6/h7-18H,1-6H3. The molecule has 0 unspecified atom stereocenters. The molecule has 164 valence electrons. The Balaban J connectivity index is 1.78. The normalized spacial score (nSPS) is 10.5. The van der Waals surface area contributed by atoms with Crippen LogP contribution in [0.4, 0.5) is 17.1 Å². The molecule has 0 heterocycles. The minimum atomic E-state index is -1.71. The molecule has 0 aliphatic heterocycles. The molecule has 0 aliphatic rings. The van der Waals surface area contributed by atoms with E-state index in [-0.39, 0.29) is 0 Å². The summed E-state index contributed by atoms with van der Waals surface area (Å²) in [6.07, 6.45) is 0. The van der Waals surface area contributed by atoms with Gasteiger partial charge in [-0.25, -0.2) is 0 Å². The van der Waals surface area contributed by atoms with Crippen LogP contribution in [-0.4, -0.2) is 42.3 Å². The SMILES string of the molecule is CN(C)c1ccc(OP(Oc2ccc(N(C)C)cc2)Oc2ccc(N(C)C)cc2)cc1. The minimum Gasteiger partial charge on any atom is -0.409 e. The zero-order valence-electron chi connectivity index (χ0n) is 18.9. The van der Waals surface area contributed by atoms with Gasteiger partial charge in [0, 0.05) is 59.3 Å². The van der Waals surface area contributed by atoms with Gasteiger partial charge in [-0.3, -0.25) is 0 Å². The van der Waals surface area contributed by atoms with E-state index in [1.807, 2.05) is 130 Å². The van der Waals surface area contributed by atoms with E-state index >= 15 is 0 Å². The molecule has 0 bridgehead atoms. The Morgan fingerprint density at radius 3 is 0.839 bits per heavy atom. The van der Waals surface area contributed by atoms with Gasteiger partial charge in [0.25, 0.3) is 0 Å². The van der Waals surface area contributed by atoms with Crippen molar-refractivity contribution in [3.05, 3.63) is 72.8 Å². The van der Waals surface area contributed by atoms with E-state index in [1.54, 1.807) is 0 Å². The van der Waals surface area contributed by atoms with Crippen LogP contribution in [0.2, 0.25) is 0 Å². The molecule has 0 atom stereocenters. The maximum absolute atomic E-state index is 6.09. The molecule has 0 saturated heterocycles. The summed E-state index contributed by atoms with van der Waals surface area (Å²) in [6.45, 7) is 0. The lowest BCUT2D eigenvalue weighted by Crippen LogP contribution is -2.09. The van der Waals surface area contributed by atoms with Crippen molar-refractivity contribution in [1.82, 2.24) is 0 Å². The average molecular weight is 439 g/mol. The predicted octanol–water partition coefficient (Wildman–Crippen LogP) is 5.65. The van der Waals surface area contributed by atoms with Crippen molar-refractivity contribution in [1.29, 1.82) is 0 Å². The molecule has 0 amide bonds. The van der Waals surface area contributed by atoms with Gasteiger partial charge in [-0.05, 0) is 72.8 Å². The summed E-state index contributed by atoms with van der Waals surface area (Å²) in [5.74, 6) is 2.06. The lowest BCUT2D eigenvalue weighted by Gasteiger charge is -2.20. The number of hydrogen-bond acceptors (Lipinski definition) is 6. The number of hydrogen-bond donors (Lipinski definition) is 0. The first-order valence-corrected chi connectivity index (χ1v) is 11.1. The van der Waals surface area contributed by atoms with Crippen molar-refractivity contribution in [2.45, 2.75) is 0 Å². The highest BCUT2D eigenvalue weighted by molar-refractivity contribution is 7.43. The molecule has 6 nitrogen and oxygen atoms in total. The molecule has 3 aromatic rings. The quantitative estimate of drug-likeness (QED) is 0.401. The molecule has 0 aromatic heterocycles. The summed E-state index contributed by atoms with van der Waals surface area (Å²) < 4.78 is 18.3. The van der Waals surface area contributed by atoms with Gasteiger partial charge in [-0.2, -0.15) is 0 Å². The van der Waals surface area contributed by atoms with E-state index < -0.39 is 8.60 Å². The van der Waals surface area contributed by atoms with Crippen molar-refractivity contribution < 1.29 is 13.6 Å². The number of nitrogens with zero attached hydrogens (tertiary/aromatic N) is 3. The zero-order valence-corrected chi connectivity index (χ0v) is 19.8. The summed E-state index contributed by atoms with van der Waals surface area (Å²) in [4.78, 5) is 6.12. The van der Waals surface area contributed by atoms with E-state index in [2.05, 4.69) is 0 Å². The third kappa shape index (κ3) is 6.43. The third-order valence-corrected chi connectivity index (χ3v) is 5.68. The zero-order chi connectivity index (χ0) is 22.4. The topological polar surface area (TPSA) is 37.4 Å². The molecule has 3 rings (SSSR count). The van der Waals surface area contributed by atoms with Gasteiger partial charge >= 0.3 is 8.60 Å². The third-order valence-electron chi connectivity index (χ3n) is 4.60. The lowest BCUT2D eigenvalue weighted by atomic mass is 10.3. The number of benzene rings is 3. The number of anilines is 3. The Morgan fingerprint density at radius 2 is 0.645 bits per heavy atom. The van der Waals surface area contributed by atoms with Gasteiger partial charge in [0.15, 0.2) is 0 Å². The van der Waals surface area contributed by atoms with Crippen LogP contribution in [0.3, 0.4) is 0 Å².